The molecule has 0 aliphatic heterocycles. The first-order chi connectivity index (χ1) is 11.1. The summed E-state index contributed by atoms with van der Waals surface area (Å²) in [7, 11) is 0. The van der Waals surface area contributed by atoms with Gasteiger partial charge in [-0.3, -0.25) is 0 Å². The molecule has 0 N–H and O–H groups in total. The summed E-state index contributed by atoms with van der Waals surface area (Å²) in [6, 6.07) is 9.27. The second kappa shape index (κ2) is 6.54. The smallest absolute Gasteiger partial charge is 0.0113 e. The molecule has 1 atom stereocenters. The molecule has 24 heavy (non-hydrogen) atoms. The highest BCUT2D eigenvalue weighted by Crippen LogP contribution is 2.55. The first-order valence-corrected chi connectivity index (χ1v) is 9.59. The largest absolute Gasteiger partial charge is 0.0842 e. The summed E-state index contributed by atoms with van der Waals surface area (Å²) < 4.78 is 0. The number of hydrogen-bond donors (Lipinski definition) is 0. The van der Waals surface area contributed by atoms with Crippen LogP contribution >= 0.6 is 0 Å². The lowest BCUT2D eigenvalue weighted by Gasteiger charge is -2.46. The highest BCUT2D eigenvalue weighted by Gasteiger charge is 2.42. The van der Waals surface area contributed by atoms with E-state index >= 15 is 0 Å². The quantitative estimate of drug-likeness (QED) is 0.503. The molecule has 0 amide bonds. The molecule has 0 heteroatoms. The Balaban J connectivity index is 2.49. The Morgan fingerprint density at radius 2 is 1.58 bits per heavy atom. The zero-order valence-corrected chi connectivity index (χ0v) is 17.1. The van der Waals surface area contributed by atoms with E-state index in [2.05, 4.69) is 91.8 Å². The van der Waals surface area contributed by atoms with Gasteiger partial charge in [0.25, 0.3) is 0 Å². The minimum atomic E-state index is 0.0995. The van der Waals surface area contributed by atoms with Crippen LogP contribution in [0.25, 0.3) is 5.57 Å². The number of rotatable bonds is 3. The Bertz CT molecular complexity index is 632. The molecule has 132 valence electrons. The van der Waals surface area contributed by atoms with Gasteiger partial charge in [-0.1, -0.05) is 97.4 Å². The molecule has 0 spiro atoms. The van der Waals surface area contributed by atoms with Crippen molar-refractivity contribution < 1.29 is 0 Å². The summed E-state index contributed by atoms with van der Waals surface area (Å²) in [5.74, 6) is 0. The topological polar surface area (TPSA) is 0 Å². The van der Waals surface area contributed by atoms with Crippen molar-refractivity contribution in [1.82, 2.24) is 0 Å². The second-order valence-corrected chi connectivity index (χ2v) is 9.21. The van der Waals surface area contributed by atoms with Gasteiger partial charge in [0.2, 0.25) is 0 Å². The van der Waals surface area contributed by atoms with Crippen LogP contribution in [0, 0.1) is 10.8 Å². The van der Waals surface area contributed by atoms with Gasteiger partial charge in [0.15, 0.2) is 0 Å². The van der Waals surface area contributed by atoms with E-state index in [0.29, 0.717) is 5.41 Å². The molecule has 0 nitrogen and oxygen atoms in total. The predicted octanol–water partition coefficient (Wildman–Crippen LogP) is 7.55. The Labute approximate surface area is 150 Å². The molecule has 1 aromatic carbocycles. The molecule has 0 heterocycles. The van der Waals surface area contributed by atoms with Crippen LogP contribution in [-0.4, -0.2) is 0 Å². The van der Waals surface area contributed by atoms with Crippen molar-refractivity contribution in [2.45, 2.75) is 80.1 Å². The normalized spacial score (nSPS) is 25.7. The molecular weight excluding hydrogens is 288 g/mol. The molecule has 2 rings (SSSR count). The molecule has 0 radical (unpaired) electrons. The first-order valence-electron chi connectivity index (χ1n) is 9.59. The molecule has 0 aromatic heterocycles. The lowest BCUT2D eigenvalue weighted by molar-refractivity contribution is 0.310. The minimum Gasteiger partial charge on any atom is -0.0842 e. The van der Waals surface area contributed by atoms with Crippen LogP contribution in [0.2, 0.25) is 0 Å². The van der Waals surface area contributed by atoms with Gasteiger partial charge in [0.1, 0.15) is 0 Å². The minimum absolute atomic E-state index is 0.0995. The van der Waals surface area contributed by atoms with Crippen LogP contribution in [0.4, 0.5) is 0 Å². The van der Waals surface area contributed by atoms with Gasteiger partial charge < -0.3 is 0 Å². The molecule has 1 aromatic rings. The Morgan fingerprint density at radius 1 is 1.00 bits per heavy atom. The zero-order valence-electron chi connectivity index (χ0n) is 17.1. The van der Waals surface area contributed by atoms with Crippen molar-refractivity contribution in [2.24, 2.45) is 10.8 Å². The molecule has 0 fully saturated rings. The van der Waals surface area contributed by atoms with E-state index in [9.17, 15) is 0 Å². The van der Waals surface area contributed by atoms with Gasteiger partial charge >= 0.3 is 0 Å². The molecule has 0 saturated heterocycles. The van der Waals surface area contributed by atoms with Crippen molar-refractivity contribution in [2.75, 3.05) is 0 Å². The van der Waals surface area contributed by atoms with Crippen LogP contribution in [0.5, 0.6) is 0 Å². The molecule has 0 saturated carbocycles. The molecule has 0 bridgehead atoms. The Hall–Kier alpha value is -1.30. The summed E-state index contributed by atoms with van der Waals surface area (Å²) in [5.41, 5.74) is 6.52. The highest BCUT2D eigenvalue weighted by atomic mass is 14.5. The molecule has 1 unspecified atom stereocenters. The standard InChI is InChI=1S/C24H36/c1-9-11-21-23(6,7)20(16-17-24(21,8)10-2)18-12-14-19(15-13-18)22(3,4)5/h11-16H,9-10,17H2,1-8H3/b21-11-. The first kappa shape index (κ1) is 19.0. The van der Waals surface area contributed by atoms with Gasteiger partial charge in [0.05, 0.1) is 0 Å². The predicted molar refractivity (Wildman–Crippen MR) is 108 cm³/mol. The van der Waals surface area contributed by atoms with Gasteiger partial charge in [0, 0.05) is 5.41 Å². The van der Waals surface area contributed by atoms with Crippen LogP contribution in [0.15, 0.2) is 42.0 Å². The van der Waals surface area contributed by atoms with Gasteiger partial charge in [-0.15, -0.1) is 0 Å². The average Bonchev–Trinajstić information content (AvgIpc) is 2.51. The van der Waals surface area contributed by atoms with E-state index in [1.54, 1.807) is 5.57 Å². The fourth-order valence-corrected chi connectivity index (χ4v) is 4.26. The summed E-state index contributed by atoms with van der Waals surface area (Å²) >= 11 is 0. The number of benzene rings is 1. The second-order valence-electron chi connectivity index (χ2n) is 9.21. The fraction of sp³-hybridized carbons (Fsp3) is 0.583. The van der Waals surface area contributed by atoms with Gasteiger partial charge in [-0.05, 0) is 46.8 Å². The van der Waals surface area contributed by atoms with Gasteiger partial charge in [-0.25, -0.2) is 0 Å². The molecule has 1 aliphatic rings. The van der Waals surface area contributed by atoms with Crippen molar-refractivity contribution in [1.29, 1.82) is 0 Å². The van der Waals surface area contributed by atoms with E-state index in [-0.39, 0.29) is 10.8 Å². The summed E-state index contributed by atoms with van der Waals surface area (Å²) in [4.78, 5) is 0. The van der Waals surface area contributed by atoms with E-state index in [0.717, 1.165) is 12.8 Å². The number of allylic oxidation sites excluding steroid dienone is 4. The third kappa shape index (κ3) is 3.39. The fourth-order valence-electron chi connectivity index (χ4n) is 4.26. The van der Waals surface area contributed by atoms with Crippen molar-refractivity contribution in [3.05, 3.63) is 53.1 Å². The summed E-state index contributed by atoms with van der Waals surface area (Å²) in [6.07, 6.45) is 8.46. The SMILES string of the molecule is CC/C=C1\C(C)(CC)CC=C(c2ccc(C(C)(C)C)cc2)C1(C)C. The third-order valence-corrected chi connectivity index (χ3v) is 6.00. The third-order valence-electron chi connectivity index (χ3n) is 6.00. The van der Waals surface area contributed by atoms with E-state index in [4.69, 9.17) is 0 Å². The van der Waals surface area contributed by atoms with E-state index < -0.39 is 0 Å². The van der Waals surface area contributed by atoms with Crippen LogP contribution in [0.1, 0.15) is 85.8 Å². The monoisotopic (exact) mass is 324 g/mol. The van der Waals surface area contributed by atoms with E-state index in [1.807, 2.05) is 0 Å². The lowest BCUT2D eigenvalue weighted by atomic mass is 9.58. The maximum atomic E-state index is 2.50. The van der Waals surface area contributed by atoms with Crippen LogP contribution in [0.3, 0.4) is 0 Å². The van der Waals surface area contributed by atoms with Crippen LogP contribution < -0.4 is 0 Å². The Kier molecular flexibility index (Phi) is 5.19. The van der Waals surface area contributed by atoms with Crippen molar-refractivity contribution in [3.8, 4) is 0 Å². The van der Waals surface area contributed by atoms with Crippen LogP contribution in [-0.2, 0) is 5.41 Å². The number of hydrogen-bond acceptors (Lipinski definition) is 0. The van der Waals surface area contributed by atoms with Crippen molar-refractivity contribution >= 4 is 5.57 Å². The maximum Gasteiger partial charge on any atom is 0.0113 e. The average molecular weight is 325 g/mol. The van der Waals surface area contributed by atoms with Gasteiger partial charge in [-0.2, -0.15) is 0 Å². The maximum absolute atomic E-state index is 2.50. The highest BCUT2D eigenvalue weighted by molar-refractivity contribution is 5.75. The molecular formula is C24H36. The molecule has 1 aliphatic carbocycles. The van der Waals surface area contributed by atoms with Crippen molar-refractivity contribution in [3.63, 3.8) is 0 Å². The Morgan fingerprint density at radius 3 is 2.04 bits per heavy atom. The lowest BCUT2D eigenvalue weighted by Crippen LogP contribution is -2.33. The summed E-state index contributed by atoms with van der Waals surface area (Å²) in [5, 5.41) is 0. The summed E-state index contributed by atoms with van der Waals surface area (Å²) in [6.45, 7) is 18.7. The zero-order chi connectivity index (χ0) is 18.2. The van der Waals surface area contributed by atoms with E-state index in [1.165, 1.54) is 23.1 Å².